The van der Waals surface area contributed by atoms with Crippen molar-refractivity contribution in [1.29, 1.82) is 0 Å². The minimum Gasteiger partial charge on any atom is -0.408 e. The van der Waals surface area contributed by atoms with Crippen LogP contribution in [0.3, 0.4) is 0 Å². The molecule has 156 valence electrons. The predicted molar refractivity (Wildman–Crippen MR) is 116 cm³/mol. The maximum Gasteiger partial charge on any atom is 0.322 e. The first kappa shape index (κ1) is 21.7. The number of halogens is 1. The standard InChI is InChI=1S/C23H24ClN3O3/c1-3-16-4-6-17(7-5-16)12-19(22-26-27-23(30-22)25-15(2)28)14-21(29)13-18-8-10-20(24)11-9-18/h4-11,19H,3,12-14H2,1-2H3,(H,25,27,28)/t19-/m1/s1. The summed E-state index contributed by atoms with van der Waals surface area (Å²) in [6.45, 7) is 3.47. The molecule has 0 aliphatic carbocycles. The van der Waals surface area contributed by atoms with Crippen LogP contribution in [0.4, 0.5) is 6.01 Å². The molecule has 1 heterocycles. The second-order valence-corrected chi connectivity index (χ2v) is 7.68. The van der Waals surface area contributed by atoms with Crippen molar-refractivity contribution in [1.82, 2.24) is 10.2 Å². The molecular formula is C23H24ClN3O3. The van der Waals surface area contributed by atoms with Gasteiger partial charge in [0.15, 0.2) is 0 Å². The second kappa shape index (κ2) is 10.2. The van der Waals surface area contributed by atoms with Gasteiger partial charge in [-0.1, -0.05) is 60.0 Å². The van der Waals surface area contributed by atoms with E-state index in [9.17, 15) is 9.59 Å². The molecule has 0 fully saturated rings. The first-order valence-electron chi connectivity index (χ1n) is 9.88. The van der Waals surface area contributed by atoms with Crippen LogP contribution in [0.5, 0.6) is 0 Å². The molecule has 0 saturated heterocycles. The number of ketones is 1. The van der Waals surface area contributed by atoms with Crippen LogP contribution in [0, 0.1) is 0 Å². The Bertz CT molecular complexity index is 997. The number of anilines is 1. The van der Waals surface area contributed by atoms with Gasteiger partial charge >= 0.3 is 6.01 Å². The van der Waals surface area contributed by atoms with Crippen molar-refractivity contribution in [3.63, 3.8) is 0 Å². The van der Waals surface area contributed by atoms with Gasteiger partial charge in [0.2, 0.25) is 11.8 Å². The van der Waals surface area contributed by atoms with Crippen LogP contribution in [-0.4, -0.2) is 21.9 Å². The lowest BCUT2D eigenvalue weighted by Gasteiger charge is -2.13. The Morgan fingerprint density at radius 1 is 1.00 bits per heavy atom. The highest BCUT2D eigenvalue weighted by molar-refractivity contribution is 6.30. The van der Waals surface area contributed by atoms with Crippen LogP contribution in [-0.2, 0) is 28.9 Å². The fourth-order valence-corrected chi connectivity index (χ4v) is 3.35. The lowest BCUT2D eigenvalue weighted by atomic mass is 9.91. The van der Waals surface area contributed by atoms with Crippen LogP contribution in [0.1, 0.15) is 48.8 Å². The molecule has 0 spiro atoms. The number of Topliss-reactive ketones (excluding diaryl/α,β-unsaturated/α-hetero) is 1. The Hall–Kier alpha value is -2.99. The van der Waals surface area contributed by atoms with E-state index in [1.807, 2.05) is 12.1 Å². The molecule has 1 atom stereocenters. The number of carbonyl (C=O) groups is 2. The fraction of sp³-hybridized carbons (Fsp3) is 0.304. The van der Waals surface area contributed by atoms with E-state index < -0.39 is 0 Å². The van der Waals surface area contributed by atoms with Crippen molar-refractivity contribution in [3.05, 3.63) is 76.1 Å². The van der Waals surface area contributed by atoms with E-state index in [-0.39, 0.29) is 30.0 Å². The first-order valence-corrected chi connectivity index (χ1v) is 10.3. The van der Waals surface area contributed by atoms with Crippen molar-refractivity contribution in [2.24, 2.45) is 0 Å². The van der Waals surface area contributed by atoms with Gasteiger partial charge in [0.1, 0.15) is 5.78 Å². The molecule has 0 aliphatic rings. The number of carbonyl (C=O) groups excluding carboxylic acids is 2. The van der Waals surface area contributed by atoms with Gasteiger partial charge in [-0.15, -0.1) is 5.10 Å². The molecule has 0 saturated carbocycles. The highest BCUT2D eigenvalue weighted by atomic mass is 35.5. The number of aromatic nitrogens is 2. The zero-order valence-corrected chi connectivity index (χ0v) is 17.8. The number of aryl methyl sites for hydroxylation is 1. The average molecular weight is 426 g/mol. The van der Waals surface area contributed by atoms with Gasteiger partial charge in [-0.05, 0) is 41.7 Å². The third-order valence-electron chi connectivity index (χ3n) is 4.77. The number of rotatable bonds is 9. The van der Waals surface area contributed by atoms with E-state index >= 15 is 0 Å². The molecule has 30 heavy (non-hydrogen) atoms. The van der Waals surface area contributed by atoms with Crippen molar-refractivity contribution in [2.75, 3.05) is 5.32 Å². The normalized spacial score (nSPS) is 11.8. The number of hydrogen-bond acceptors (Lipinski definition) is 5. The Morgan fingerprint density at radius 2 is 1.63 bits per heavy atom. The quantitative estimate of drug-likeness (QED) is 0.533. The molecule has 6 nitrogen and oxygen atoms in total. The lowest BCUT2D eigenvalue weighted by Crippen LogP contribution is -2.12. The second-order valence-electron chi connectivity index (χ2n) is 7.24. The minimum atomic E-state index is -0.296. The van der Waals surface area contributed by atoms with Crippen LogP contribution in [0.2, 0.25) is 5.02 Å². The lowest BCUT2D eigenvalue weighted by molar-refractivity contribution is -0.119. The highest BCUT2D eigenvalue weighted by Crippen LogP contribution is 2.26. The SMILES string of the molecule is CCc1ccc(C[C@H](CC(=O)Cc2ccc(Cl)cc2)c2nnc(NC(C)=O)o2)cc1. The maximum atomic E-state index is 12.8. The topological polar surface area (TPSA) is 85.1 Å². The van der Waals surface area contributed by atoms with Gasteiger partial charge in [0.25, 0.3) is 0 Å². The molecule has 0 aliphatic heterocycles. The van der Waals surface area contributed by atoms with Gasteiger partial charge in [-0.25, -0.2) is 0 Å². The Morgan fingerprint density at radius 3 is 2.27 bits per heavy atom. The summed E-state index contributed by atoms with van der Waals surface area (Å²) in [7, 11) is 0. The first-order chi connectivity index (χ1) is 14.4. The third kappa shape index (κ3) is 6.26. The molecule has 3 aromatic rings. The average Bonchev–Trinajstić information content (AvgIpc) is 3.17. The molecule has 0 radical (unpaired) electrons. The molecule has 1 amide bonds. The summed E-state index contributed by atoms with van der Waals surface area (Å²) in [5.41, 5.74) is 3.23. The summed E-state index contributed by atoms with van der Waals surface area (Å²) < 4.78 is 5.62. The van der Waals surface area contributed by atoms with E-state index in [1.165, 1.54) is 12.5 Å². The van der Waals surface area contributed by atoms with E-state index in [0.29, 0.717) is 23.8 Å². The summed E-state index contributed by atoms with van der Waals surface area (Å²) >= 11 is 5.92. The highest BCUT2D eigenvalue weighted by Gasteiger charge is 2.23. The molecule has 0 unspecified atom stereocenters. The van der Waals surface area contributed by atoms with Crippen molar-refractivity contribution in [2.45, 2.75) is 45.4 Å². The van der Waals surface area contributed by atoms with Crippen molar-refractivity contribution < 1.29 is 14.0 Å². The monoisotopic (exact) mass is 425 g/mol. The zero-order chi connectivity index (χ0) is 21.5. The third-order valence-corrected chi connectivity index (χ3v) is 5.03. The largest absolute Gasteiger partial charge is 0.408 e. The molecular weight excluding hydrogens is 402 g/mol. The smallest absolute Gasteiger partial charge is 0.322 e. The molecule has 7 heteroatoms. The van der Waals surface area contributed by atoms with Crippen LogP contribution in [0.25, 0.3) is 0 Å². The molecule has 1 aromatic heterocycles. The molecule has 2 aromatic carbocycles. The number of nitrogens with zero attached hydrogens (tertiary/aromatic N) is 2. The Balaban J connectivity index is 1.76. The van der Waals surface area contributed by atoms with Crippen LogP contribution in [0.15, 0.2) is 52.9 Å². The van der Waals surface area contributed by atoms with E-state index in [4.69, 9.17) is 16.0 Å². The van der Waals surface area contributed by atoms with Gasteiger partial charge in [-0.3, -0.25) is 14.9 Å². The summed E-state index contributed by atoms with van der Waals surface area (Å²) in [5, 5.41) is 11.1. The maximum absolute atomic E-state index is 12.8. The summed E-state index contributed by atoms with van der Waals surface area (Å²) in [6, 6.07) is 15.6. The Labute approximate surface area is 180 Å². The van der Waals surface area contributed by atoms with Gasteiger partial charge < -0.3 is 4.42 Å². The van der Waals surface area contributed by atoms with Crippen molar-refractivity contribution >= 4 is 29.3 Å². The van der Waals surface area contributed by atoms with Gasteiger partial charge in [-0.2, -0.15) is 0 Å². The predicted octanol–water partition coefficient (Wildman–Crippen LogP) is 4.77. The van der Waals surface area contributed by atoms with E-state index in [2.05, 4.69) is 46.7 Å². The van der Waals surface area contributed by atoms with Gasteiger partial charge in [0, 0.05) is 30.7 Å². The van der Waals surface area contributed by atoms with E-state index in [0.717, 1.165) is 17.5 Å². The summed E-state index contributed by atoms with van der Waals surface area (Å²) in [4.78, 5) is 24.0. The molecule has 0 bridgehead atoms. The summed E-state index contributed by atoms with van der Waals surface area (Å²) in [5.74, 6) is -0.183. The number of benzene rings is 2. The van der Waals surface area contributed by atoms with E-state index in [1.54, 1.807) is 12.1 Å². The number of hydrogen-bond donors (Lipinski definition) is 1. The number of amides is 1. The molecule has 3 rings (SSSR count). The zero-order valence-electron chi connectivity index (χ0n) is 17.0. The number of nitrogens with one attached hydrogen (secondary N) is 1. The Kier molecular flexibility index (Phi) is 7.36. The van der Waals surface area contributed by atoms with Gasteiger partial charge in [0.05, 0.1) is 0 Å². The summed E-state index contributed by atoms with van der Waals surface area (Å²) in [6.07, 6.45) is 2.10. The van der Waals surface area contributed by atoms with Crippen LogP contribution >= 0.6 is 11.6 Å². The minimum absolute atomic E-state index is 0.0361. The van der Waals surface area contributed by atoms with Crippen molar-refractivity contribution in [3.8, 4) is 0 Å². The fourth-order valence-electron chi connectivity index (χ4n) is 3.22. The molecule has 1 N–H and O–H groups in total. The van der Waals surface area contributed by atoms with Crippen LogP contribution < -0.4 is 5.32 Å².